The zero-order chi connectivity index (χ0) is 10.2. The molecule has 0 aromatic heterocycles. The first-order chi connectivity index (χ1) is 6.79. The van der Waals surface area contributed by atoms with E-state index in [1.807, 2.05) is 36.4 Å². The SMILES string of the molecule is NC(=O)N/N=C\C=C/c1ccccc1. The third-order valence-corrected chi connectivity index (χ3v) is 1.42. The van der Waals surface area contributed by atoms with Gasteiger partial charge in [0.1, 0.15) is 0 Å². The smallest absolute Gasteiger partial charge is 0.332 e. The van der Waals surface area contributed by atoms with Gasteiger partial charge in [0.15, 0.2) is 0 Å². The first kappa shape index (κ1) is 9.98. The van der Waals surface area contributed by atoms with Crippen molar-refractivity contribution in [3.05, 3.63) is 42.0 Å². The molecular weight excluding hydrogens is 178 g/mol. The Balaban J connectivity index is 2.42. The minimum Gasteiger partial charge on any atom is -0.350 e. The van der Waals surface area contributed by atoms with E-state index in [9.17, 15) is 4.79 Å². The van der Waals surface area contributed by atoms with Gasteiger partial charge in [-0.25, -0.2) is 10.2 Å². The van der Waals surface area contributed by atoms with E-state index in [0.717, 1.165) is 5.56 Å². The molecule has 14 heavy (non-hydrogen) atoms. The van der Waals surface area contributed by atoms with Gasteiger partial charge in [0.2, 0.25) is 0 Å². The monoisotopic (exact) mass is 189 g/mol. The van der Waals surface area contributed by atoms with Crippen LogP contribution >= 0.6 is 0 Å². The number of hydrazone groups is 1. The molecule has 0 aliphatic heterocycles. The second-order valence-corrected chi connectivity index (χ2v) is 2.52. The van der Waals surface area contributed by atoms with E-state index in [0.29, 0.717) is 0 Å². The van der Waals surface area contributed by atoms with Crippen molar-refractivity contribution in [2.24, 2.45) is 10.8 Å². The van der Waals surface area contributed by atoms with E-state index < -0.39 is 6.03 Å². The molecule has 0 saturated carbocycles. The van der Waals surface area contributed by atoms with Gasteiger partial charge in [-0.05, 0) is 11.6 Å². The van der Waals surface area contributed by atoms with E-state index in [-0.39, 0.29) is 0 Å². The van der Waals surface area contributed by atoms with Gasteiger partial charge in [-0.15, -0.1) is 0 Å². The van der Waals surface area contributed by atoms with Crippen molar-refractivity contribution in [2.75, 3.05) is 0 Å². The molecular formula is C10H11N3O. The van der Waals surface area contributed by atoms with Crippen LogP contribution in [0.5, 0.6) is 0 Å². The number of hydrogen-bond acceptors (Lipinski definition) is 2. The molecule has 0 saturated heterocycles. The summed E-state index contributed by atoms with van der Waals surface area (Å²) in [5, 5.41) is 3.55. The van der Waals surface area contributed by atoms with Crippen molar-refractivity contribution in [3.63, 3.8) is 0 Å². The van der Waals surface area contributed by atoms with Gasteiger partial charge in [0.05, 0.1) is 0 Å². The van der Waals surface area contributed by atoms with Crippen molar-refractivity contribution in [1.82, 2.24) is 5.43 Å². The van der Waals surface area contributed by atoms with Gasteiger partial charge in [-0.2, -0.15) is 5.10 Å². The molecule has 0 unspecified atom stereocenters. The van der Waals surface area contributed by atoms with Crippen LogP contribution in [0.15, 0.2) is 41.5 Å². The third kappa shape index (κ3) is 4.06. The number of benzene rings is 1. The number of primary amides is 1. The van der Waals surface area contributed by atoms with Gasteiger partial charge < -0.3 is 5.73 Å². The average Bonchev–Trinajstić information content (AvgIpc) is 2.18. The lowest BCUT2D eigenvalue weighted by molar-refractivity contribution is 0.249. The molecule has 0 fully saturated rings. The molecule has 0 atom stereocenters. The lowest BCUT2D eigenvalue weighted by Crippen LogP contribution is -2.24. The van der Waals surface area contributed by atoms with Crippen LogP contribution < -0.4 is 11.2 Å². The largest absolute Gasteiger partial charge is 0.350 e. The summed E-state index contributed by atoms with van der Waals surface area (Å²) in [7, 11) is 0. The second-order valence-electron chi connectivity index (χ2n) is 2.52. The Morgan fingerprint density at radius 2 is 2.07 bits per heavy atom. The van der Waals surface area contributed by atoms with E-state index >= 15 is 0 Å². The zero-order valence-electron chi connectivity index (χ0n) is 7.55. The van der Waals surface area contributed by atoms with Crippen molar-refractivity contribution in [2.45, 2.75) is 0 Å². The fraction of sp³-hybridized carbons (Fsp3) is 0. The van der Waals surface area contributed by atoms with Crippen LogP contribution in [0.4, 0.5) is 4.79 Å². The van der Waals surface area contributed by atoms with Gasteiger partial charge in [-0.1, -0.05) is 36.4 Å². The van der Waals surface area contributed by atoms with Crippen LogP contribution in [0, 0.1) is 0 Å². The predicted molar refractivity (Wildman–Crippen MR) is 56.7 cm³/mol. The molecule has 0 radical (unpaired) electrons. The highest BCUT2D eigenvalue weighted by Gasteiger charge is 1.82. The van der Waals surface area contributed by atoms with Crippen LogP contribution in [0.3, 0.4) is 0 Å². The van der Waals surface area contributed by atoms with Gasteiger partial charge in [0, 0.05) is 6.21 Å². The summed E-state index contributed by atoms with van der Waals surface area (Å²) in [5.74, 6) is 0. The number of rotatable bonds is 3. The summed E-state index contributed by atoms with van der Waals surface area (Å²) in [6.07, 6.45) is 5.04. The molecule has 72 valence electrons. The summed E-state index contributed by atoms with van der Waals surface area (Å²) >= 11 is 0. The first-order valence-electron chi connectivity index (χ1n) is 4.09. The van der Waals surface area contributed by atoms with Crippen molar-refractivity contribution in [3.8, 4) is 0 Å². The maximum atomic E-state index is 10.2. The van der Waals surface area contributed by atoms with E-state index in [2.05, 4.69) is 10.5 Å². The molecule has 1 aromatic carbocycles. The number of nitrogens with one attached hydrogen (secondary N) is 1. The van der Waals surface area contributed by atoms with E-state index in [1.165, 1.54) is 6.21 Å². The highest BCUT2D eigenvalue weighted by atomic mass is 16.2. The van der Waals surface area contributed by atoms with Gasteiger partial charge >= 0.3 is 6.03 Å². The van der Waals surface area contributed by atoms with Crippen LogP contribution in [0.1, 0.15) is 5.56 Å². The number of hydrogen-bond donors (Lipinski definition) is 2. The molecule has 3 N–H and O–H groups in total. The molecule has 0 aliphatic rings. The van der Waals surface area contributed by atoms with E-state index in [1.54, 1.807) is 6.08 Å². The highest BCUT2D eigenvalue weighted by Crippen LogP contribution is 1.99. The number of carbonyl (C=O) groups is 1. The van der Waals surface area contributed by atoms with Crippen molar-refractivity contribution in [1.29, 1.82) is 0 Å². The summed E-state index contributed by atoms with van der Waals surface area (Å²) in [5.41, 5.74) is 7.95. The quantitative estimate of drug-likeness (QED) is 0.547. The zero-order valence-corrected chi connectivity index (χ0v) is 7.55. The highest BCUT2D eigenvalue weighted by molar-refractivity contribution is 5.80. The molecule has 1 rings (SSSR count). The molecule has 0 spiro atoms. The summed E-state index contributed by atoms with van der Waals surface area (Å²) in [4.78, 5) is 10.2. The molecule has 2 amide bonds. The molecule has 0 bridgehead atoms. The van der Waals surface area contributed by atoms with Crippen LogP contribution in [0.2, 0.25) is 0 Å². The lowest BCUT2D eigenvalue weighted by atomic mass is 10.2. The standard InChI is InChI=1S/C10H11N3O/c11-10(14)13-12-8-4-7-9-5-2-1-3-6-9/h1-8H,(H3,11,13,14)/b7-4-,12-8-. The van der Waals surface area contributed by atoms with E-state index in [4.69, 9.17) is 5.73 Å². The van der Waals surface area contributed by atoms with Crippen molar-refractivity contribution >= 4 is 18.3 Å². The molecule has 4 heteroatoms. The second kappa shape index (κ2) is 5.53. The number of carbonyl (C=O) groups excluding carboxylic acids is 1. The summed E-state index contributed by atoms with van der Waals surface area (Å²) in [6, 6.07) is 9.09. The Morgan fingerprint density at radius 3 is 2.71 bits per heavy atom. The fourth-order valence-corrected chi connectivity index (χ4v) is 0.862. The molecule has 4 nitrogen and oxygen atoms in total. The first-order valence-corrected chi connectivity index (χ1v) is 4.09. The predicted octanol–water partition coefficient (Wildman–Crippen LogP) is 1.35. The Morgan fingerprint density at radius 1 is 1.36 bits per heavy atom. The average molecular weight is 189 g/mol. The Hall–Kier alpha value is -2.10. The molecule has 1 aromatic rings. The van der Waals surface area contributed by atoms with Gasteiger partial charge in [0.25, 0.3) is 0 Å². The van der Waals surface area contributed by atoms with Crippen LogP contribution in [-0.4, -0.2) is 12.2 Å². The number of nitrogens with two attached hydrogens (primary N) is 1. The molecule has 0 aliphatic carbocycles. The number of urea groups is 1. The lowest BCUT2D eigenvalue weighted by Gasteiger charge is -1.89. The Labute approximate surface area is 82.1 Å². The van der Waals surface area contributed by atoms with Crippen LogP contribution in [-0.2, 0) is 0 Å². The fourth-order valence-electron chi connectivity index (χ4n) is 0.862. The maximum absolute atomic E-state index is 10.2. The van der Waals surface area contributed by atoms with Crippen molar-refractivity contribution < 1.29 is 4.79 Å². The summed E-state index contributed by atoms with van der Waals surface area (Å²) in [6.45, 7) is 0. The van der Waals surface area contributed by atoms with Crippen LogP contribution in [0.25, 0.3) is 6.08 Å². The Kier molecular flexibility index (Phi) is 3.94. The number of amides is 2. The Bertz CT molecular complexity index is 344. The minimum absolute atomic E-state index is 0.672. The normalized spacial score (nSPS) is 10.9. The number of allylic oxidation sites excluding steroid dienone is 1. The number of nitrogens with zero attached hydrogens (tertiary/aromatic N) is 1. The molecule has 0 heterocycles. The maximum Gasteiger partial charge on any atom is 0.332 e. The third-order valence-electron chi connectivity index (χ3n) is 1.42. The topological polar surface area (TPSA) is 67.5 Å². The van der Waals surface area contributed by atoms with Gasteiger partial charge in [-0.3, -0.25) is 0 Å². The minimum atomic E-state index is -0.672. The summed E-state index contributed by atoms with van der Waals surface area (Å²) < 4.78 is 0.